The number of amides is 2. The van der Waals surface area contributed by atoms with Crippen LogP contribution in [0.15, 0.2) is 78.2 Å². The topological polar surface area (TPSA) is 404 Å². The van der Waals surface area contributed by atoms with Gasteiger partial charge < -0.3 is 70.3 Å². The summed E-state index contributed by atoms with van der Waals surface area (Å²) in [5.41, 5.74) is 12.5. The third kappa shape index (κ3) is 13.9. The molecule has 74 heavy (non-hydrogen) atoms. The van der Waals surface area contributed by atoms with E-state index >= 15 is 0 Å². The molecule has 8 rings (SSSR count). The normalized spacial score (nSPS) is 24.6. The molecule has 0 saturated carbocycles. The first kappa shape index (κ1) is 53.9. The SMILES string of the molecule is Nc1ccn([C@@H]2O[C@H](COP(=O)(O)O)[C@@H](OP(=O)(O)OCC3O[C@@H](n4cnc5c(N)ncnc54)[C@H](O)[C@@H]3OC(=O)CCNC(=O)OCc3ccc(NC(=O)Cc4ccc(F)cc4)cc3)[C@H]2OC2CCCO2)c(=O)n1. The number of nitrogens with one attached hydrogen (secondary N) is 2. The number of alkyl carbamates (subject to hydrolysis) is 1. The Morgan fingerprint density at radius 3 is 2.31 bits per heavy atom. The maximum Gasteiger partial charge on any atom is 0.472 e. The summed E-state index contributed by atoms with van der Waals surface area (Å²) < 4.78 is 91.2. The van der Waals surface area contributed by atoms with E-state index in [1.165, 1.54) is 47.4 Å². The molecule has 3 fully saturated rings. The number of fused-ring (bicyclic) bond motifs is 1. The molecule has 0 radical (unpaired) electrons. The van der Waals surface area contributed by atoms with Crippen molar-refractivity contribution in [1.82, 2.24) is 34.4 Å². The zero-order valence-electron chi connectivity index (χ0n) is 38.5. The van der Waals surface area contributed by atoms with Crippen LogP contribution in [0.2, 0.25) is 0 Å². The van der Waals surface area contributed by atoms with Gasteiger partial charge in [-0.1, -0.05) is 24.3 Å². The number of aliphatic hydroxyl groups is 1. The Hall–Kier alpha value is -6.37. The van der Waals surface area contributed by atoms with Crippen molar-refractivity contribution in [2.45, 2.75) is 87.7 Å². The smallest absolute Gasteiger partial charge is 0.456 e. The number of esters is 1. The molecule has 10 N–H and O–H groups in total. The van der Waals surface area contributed by atoms with Gasteiger partial charge in [0.25, 0.3) is 0 Å². The number of hydrogen-bond donors (Lipinski definition) is 8. The van der Waals surface area contributed by atoms with Crippen LogP contribution in [-0.4, -0.2) is 136 Å². The molecule has 2 amide bonds. The molecule has 3 saturated heterocycles. The Kier molecular flexibility index (Phi) is 17.1. The highest BCUT2D eigenvalue weighted by atomic mass is 31.2. The van der Waals surface area contributed by atoms with Crippen molar-refractivity contribution in [1.29, 1.82) is 0 Å². The minimum Gasteiger partial charge on any atom is -0.456 e. The summed E-state index contributed by atoms with van der Waals surface area (Å²) in [5, 5.41) is 16.8. The maximum atomic E-state index is 13.9. The summed E-state index contributed by atoms with van der Waals surface area (Å²) >= 11 is 0. The van der Waals surface area contributed by atoms with Gasteiger partial charge in [-0.2, -0.15) is 4.98 Å². The Labute approximate surface area is 417 Å². The largest absolute Gasteiger partial charge is 0.472 e. The standard InChI is InChI=1S/C42H49FN10O19P2/c43-24-7-3-22(4-8-24)16-29(54)50-25-9-5-23(6-10-25)17-65-42(58)46-13-11-30(55)70-34-26(68-39(33(34)56)53-21-49-32-37(45)47-20-48-38(32)53)19-67-74(62,63)72-35-27(18-66-73(59,60)61)69-40(36(35)71-31-2-1-15-64-31)52-14-12-28(44)51-41(52)57/h3-10,12,14,20-21,26-27,31,33-36,39-40,56H,1-2,11,13,15-19H2,(H,46,58)(H,50,54)(H,62,63)(H2,44,51,57)(H2,45,47,48)(H2,59,60,61)/t26?,27-,31?,33-,34-,35-,36-,39-,40-/m1/s1. The van der Waals surface area contributed by atoms with Gasteiger partial charge in [0, 0.05) is 31.5 Å². The molecule has 398 valence electrons. The molecule has 3 aliphatic heterocycles. The van der Waals surface area contributed by atoms with Gasteiger partial charge in [-0.05, 0) is 47.9 Å². The fourth-order valence-electron chi connectivity index (χ4n) is 7.95. The van der Waals surface area contributed by atoms with Crippen LogP contribution in [0.5, 0.6) is 0 Å². The van der Waals surface area contributed by atoms with Crippen LogP contribution in [0.3, 0.4) is 0 Å². The van der Waals surface area contributed by atoms with Gasteiger partial charge in [-0.15, -0.1) is 0 Å². The van der Waals surface area contributed by atoms with Crippen molar-refractivity contribution >= 4 is 62.1 Å². The Balaban J connectivity index is 0.910. The Morgan fingerprint density at radius 1 is 0.878 bits per heavy atom. The molecular formula is C42H49FN10O19P2. The third-order valence-electron chi connectivity index (χ3n) is 11.4. The van der Waals surface area contributed by atoms with Gasteiger partial charge in [0.1, 0.15) is 60.6 Å². The number of aromatic nitrogens is 6. The number of nitrogens with zero attached hydrogens (tertiary/aromatic N) is 6. The highest BCUT2D eigenvalue weighted by molar-refractivity contribution is 7.47. The van der Waals surface area contributed by atoms with Crippen LogP contribution in [0.1, 0.15) is 42.8 Å². The molecule has 3 aliphatic rings. The average molecular weight is 1080 g/mol. The molecule has 3 aromatic heterocycles. The van der Waals surface area contributed by atoms with Gasteiger partial charge in [0.2, 0.25) is 5.91 Å². The molecule has 32 heteroatoms. The molecule has 5 aromatic rings. The van der Waals surface area contributed by atoms with Crippen LogP contribution in [-0.2, 0) is 73.7 Å². The first-order chi connectivity index (χ1) is 35.3. The number of imidazole rings is 1. The van der Waals surface area contributed by atoms with E-state index in [2.05, 4.69) is 35.1 Å². The summed E-state index contributed by atoms with van der Waals surface area (Å²) in [6.07, 6.45) is -10.9. The maximum absolute atomic E-state index is 13.9. The number of benzene rings is 2. The van der Waals surface area contributed by atoms with Crippen LogP contribution in [0.4, 0.5) is 26.5 Å². The van der Waals surface area contributed by atoms with Gasteiger partial charge in [-0.3, -0.25) is 32.3 Å². The van der Waals surface area contributed by atoms with Crippen LogP contribution in [0, 0.1) is 5.82 Å². The van der Waals surface area contributed by atoms with Crippen LogP contribution < -0.4 is 27.8 Å². The quantitative estimate of drug-likeness (QED) is 0.0376. The molecule has 6 heterocycles. The number of rotatable bonds is 21. The number of phosphoric acid groups is 2. The number of anilines is 3. The minimum absolute atomic E-state index is 0.0189. The van der Waals surface area contributed by atoms with Crippen molar-refractivity contribution in [3.63, 3.8) is 0 Å². The van der Waals surface area contributed by atoms with Crippen molar-refractivity contribution in [3.05, 3.63) is 101 Å². The molecule has 29 nitrogen and oxygen atoms in total. The number of aliphatic hydroxyl groups excluding tert-OH is 1. The number of halogens is 1. The highest BCUT2D eigenvalue weighted by Gasteiger charge is 2.54. The lowest BCUT2D eigenvalue weighted by atomic mass is 10.1. The number of carbonyl (C=O) groups is 3. The molecule has 10 atom stereocenters. The zero-order valence-corrected chi connectivity index (χ0v) is 40.3. The number of nitrogen functional groups attached to an aromatic ring is 2. The van der Waals surface area contributed by atoms with E-state index in [0.29, 0.717) is 29.7 Å². The van der Waals surface area contributed by atoms with Gasteiger partial charge in [0.05, 0.1) is 32.4 Å². The van der Waals surface area contributed by atoms with Crippen molar-refractivity contribution in [3.8, 4) is 0 Å². The monoisotopic (exact) mass is 1080 g/mol. The van der Waals surface area contributed by atoms with Gasteiger partial charge >= 0.3 is 33.4 Å². The first-order valence-corrected chi connectivity index (χ1v) is 25.4. The highest BCUT2D eigenvalue weighted by Crippen LogP contribution is 2.51. The summed E-state index contributed by atoms with van der Waals surface area (Å²) in [6, 6.07) is 13.2. The van der Waals surface area contributed by atoms with Crippen molar-refractivity contribution in [2.75, 3.05) is 43.1 Å². The third-order valence-corrected chi connectivity index (χ3v) is 12.9. The van der Waals surface area contributed by atoms with E-state index in [0.717, 1.165) is 10.9 Å². The molecule has 0 bridgehead atoms. The van der Waals surface area contributed by atoms with E-state index in [4.69, 9.17) is 48.9 Å². The fraction of sp³-hybridized carbons (Fsp3) is 0.429. The van der Waals surface area contributed by atoms with Gasteiger partial charge in [-0.25, -0.2) is 38.1 Å². The van der Waals surface area contributed by atoms with E-state index in [9.17, 15) is 52.5 Å². The second-order valence-electron chi connectivity index (χ2n) is 16.7. The number of hydrogen-bond acceptors (Lipinski definition) is 22. The molecular weight excluding hydrogens is 1030 g/mol. The second-order valence-corrected chi connectivity index (χ2v) is 19.3. The lowest BCUT2D eigenvalue weighted by molar-refractivity contribution is -0.181. The van der Waals surface area contributed by atoms with Gasteiger partial charge in [0.15, 0.2) is 36.3 Å². The Morgan fingerprint density at radius 2 is 1.59 bits per heavy atom. The first-order valence-electron chi connectivity index (χ1n) is 22.4. The predicted molar refractivity (Wildman–Crippen MR) is 247 cm³/mol. The summed E-state index contributed by atoms with van der Waals surface area (Å²) in [5.74, 6) is -1.91. The lowest BCUT2D eigenvalue weighted by Gasteiger charge is -2.28. The zero-order chi connectivity index (χ0) is 52.7. The minimum atomic E-state index is -5.42. The van der Waals surface area contributed by atoms with E-state index in [-0.39, 0.29) is 54.9 Å². The number of phosphoric ester groups is 2. The van der Waals surface area contributed by atoms with E-state index < -0.39 is 114 Å². The molecule has 3 unspecified atom stereocenters. The second kappa shape index (κ2) is 23.4. The van der Waals surface area contributed by atoms with E-state index in [1.54, 1.807) is 24.3 Å². The Bertz CT molecular complexity index is 2950. The molecule has 0 spiro atoms. The average Bonchev–Trinajstić information content (AvgIpc) is 4.16. The summed E-state index contributed by atoms with van der Waals surface area (Å²) in [7, 11) is -10.6. The van der Waals surface area contributed by atoms with E-state index in [1.807, 2.05) is 0 Å². The molecule has 0 aliphatic carbocycles. The molecule has 2 aromatic carbocycles. The number of nitrogens with two attached hydrogens (primary N) is 2. The predicted octanol–water partition coefficient (Wildman–Crippen LogP) is 1.09. The fourth-order valence-corrected chi connectivity index (χ4v) is 9.25. The van der Waals surface area contributed by atoms with Crippen molar-refractivity contribution < 1.29 is 89.7 Å². The van der Waals surface area contributed by atoms with Crippen LogP contribution >= 0.6 is 15.6 Å². The van der Waals surface area contributed by atoms with Crippen molar-refractivity contribution in [2.24, 2.45) is 0 Å². The summed E-state index contributed by atoms with van der Waals surface area (Å²) in [4.78, 5) is 97.5. The number of ether oxygens (including phenoxy) is 6. The van der Waals surface area contributed by atoms with Crippen LogP contribution in [0.25, 0.3) is 11.2 Å². The lowest BCUT2D eigenvalue weighted by Crippen LogP contribution is -2.42. The summed E-state index contributed by atoms with van der Waals surface area (Å²) in [6.45, 7) is -2.16. The number of carbonyl (C=O) groups excluding carboxylic acids is 3.